The summed E-state index contributed by atoms with van der Waals surface area (Å²) < 4.78 is 0. The van der Waals surface area contributed by atoms with Crippen LogP contribution in [0.15, 0.2) is 5.28 Å². The third-order valence-electron chi connectivity index (χ3n) is 1.05. The van der Waals surface area contributed by atoms with E-state index in [4.69, 9.17) is 5.21 Å². The molecule has 0 bridgehead atoms. The fourth-order valence-electron chi connectivity index (χ4n) is 0.522. The first-order valence-corrected chi connectivity index (χ1v) is 2.83. The Labute approximate surface area is 53.7 Å². The molecule has 0 saturated heterocycles. The second-order valence-electron chi connectivity index (χ2n) is 1.48. The molecule has 0 spiro atoms. The molecule has 5 heteroatoms. The van der Waals surface area contributed by atoms with Gasteiger partial charge in [0.2, 0.25) is 5.28 Å². The zero-order chi connectivity index (χ0) is 7.28. The molecule has 0 saturated carbocycles. The van der Waals surface area contributed by atoms with E-state index in [9.17, 15) is 5.21 Å². The van der Waals surface area contributed by atoms with Crippen LogP contribution in [0.25, 0.3) is 0 Å². The van der Waals surface area contributed by atoms with Gasteiger partial charge in [-0.1, -0.05) is 0 Å². The highest BCUT2D eigenvalue weighted by Gasteiger charge is 2.04. The molecular weight excluding hydrogens is 122 g/mol. The normalized spacial score (nSPS) is 11.6. The van der Waals surface area contributed by atoms with Crippen LogP contribution >= 0.6 is 0 Å². The van der Waals surface area contributed by atoms with Crippen LogP contribution in [0.1, 0.15) is 13.8 Å². The van der Waals surface area contributed by atoms with Crippen molar-refractivity contribution in [1.29, 1.82) is 0 Å². The Morgan fingerprint density at radius 1 is 1.56 bits per heavy atom. The molecule has 0 rings (SSSR count). The standard InChI is InChI=1S/C4H11N3O2/c1-3-6(4-2)7(9)5-8/h8H,3-4H2,1-2H3/b7-5-. The first kappa shape index (κ1) is 8.00. The molecule has 9 heavy (non-hydrogen) atoms. The predicted molar refractivity (Wildman–Crippen MR) is 30.8 cm³/mol. The second kappa shape index (κ2) is 3.94. The maximum absolute atomic E-state index is 10.4. The average Bonchev–Trinajstić information content (AvgIpc) is 1.90. The summed E-state index contributed by atoms with van der Waals surface area (Å²) in [6, 6.07) is 0. The van der Waals surface area contributed by atoms with Crippen LogP contribution in [-0.2, 0) is 0 Å². The van der Waals surface area contributed by atoms with Gasteiger partial charge in [-0.15, -0.1) is 5.01 Å². The van der Waals surface area contributed by atoms with Crippen molar-refractivity contribution in [3.8, 4) is 0 Å². The van der Waals surface area contributed by atoms with Gasteiger partial charge in [0, 0.05) is 0 Å². The van der Waals surface area contributed by atoms with Gasteiger partial charge in [0.1, 0.15) is 0 Å². The van der Waals surface area contributed by atoms with E-state index in [0.717, 1.165) is 0 Å². The predicted octanol–water partition coefficient (Wildman–Crippen LogP) is 0.595. The first-order chi connectivity index (χ1) is 4.26. The maximum atomic E-state index is 10.4. The molecule has 0 aromatic carbocycles. The van der Waals surface area contributed by atoms with Crippen molar-refractivity contribution in [3.63, 3.8) is 0 Å². The summed E-state index contributed by atoms with van der Waals surface area (Å²) in [4.78, 5) is 0.167. The lowest BCUT2D eigenvalue weighted by atomic mass is 10.6. The quantitative estimate of drug-likeness (QED) is 0.348. The third-order valence-corrected chi connectivity index (χ3v) is 1.05. The van der Waals surface area contributed by atoms with Crippen LogP contribution in [-0.4, -0.2) is 28.3 Å². The first-order valence-electron chi connectivity index (χ1n) is 2.83. The molecule has 0 atom stereocenters. The van der Waals surface area contributed by atoms with Crippen molar-refractivity contribution >= 4 is 0 Å². The number of hydrogen-bond acceptors (Lipinski definition) is 2. The van der Waals surface area contributed by atoms with Crippen molar-refractivity contribution in [1.82, 2.24) is 5.01 Å². The minimum Gasteiger partial charge on any atom is -0.569 e. The van der Waals surface area contributed by atoms with Crippen molar-refractivity contribution in [2.45, 2.75) is 13.8 Å². The van der Waals surface area contributed by atoms with E-state index in [-0.39, 0.29) is 4.97 Å². The highest BCUT2D eigenvalue weighted by Crippen LogP contribution is 1.86. The largest absolute Gasteiger partial charge is 0.569 e. The summed E-state index contributed by atoms with van der Waals surface area (Å²) in [7, 11) is 0. The topological polar surface area (TPSA) is 61.9 Å². The number of hydrogen-bond donors (Lipinski definition) is 1. The Hall–Kier alpha value is -1.00. The van der Waals surface area contributed by atoms with Crippen LogP contribution in [0.3, 0.4) is 0 Å². The Kier molecular flexibility index (Phi) is 3.50. The minimum atomic E-state index is 0.167. The highest BCUT2D eigenvalue weighted by atomic mass is 16.6. The van der Waals surface area contributed by atoms with Gasteiger partial charge in [0.05, 0.1) is 18.1 Å². The smallest absolute Gasteiger partial charge is 0.230 e. The Morgan fingerprint density at radius 3 is 2.11 bits per heavy atom. The lowest BCUT2D eigenvalue weighted by Gasteiger charge is -2.11. The van der Waals surface area contributed by atoms with Gasteiger partial charge in [-0.05, 0) is 13.8 Å². The van der Waals surface area contributed by atoms with Crippen LogP contribution in [0, 0.1) is 5.21 Å². The van der Waals surface area contributed by atoms with E-state index >= 15 is 0 Å². The molecule has 54 valence electrons. The van der Waals surface area contributed by atoms with Crippen LogP contribution in [0.5, 0.6) is 0 Å². The molecule has 5 nitrogen and oxygen atoms in total. The summed E-state index contributed by atoms with van der Waals surface area (Å²) in [6.45, 7) is 4.70. The molecule has 0 radical (unpaired) electrons. The van der Waals surface area contributed by atoms with Gasteiger partial charge >= 0.3 is 0 Å². The van der Waals surface area contributed by atoms with Crippen LogP contribution in [0.4, 0.5) is 0 Å². The number of hydrazine groups is 1. The van der Waals surface area contributed by atoms with Crippen molar-refractivity contribution < 1.29 is 10.2 Å². The molecular formula is C4H11N3O2. The molecule has 0 aliphatic carbocycles. The average molecular weight is 133 g/mol. The zero-order valence-corrected chi connectivity index (χ0v) is 5.61. The third kappa shape index (κ3) is 2.16. The van der Waals surface area contributed by atoms with Gasteiger partial charge in [0.25, 0.3) is 0 Å². The lowest BCUT2D eigenvalue weighted by molar-refractivity contribution is -0.708. The fourth-order valence-corrected chi connectivity index (χ4v) is 0.522. The maximum Gasteiger partial charge on any atom is 0.230 e. The molecule has 1 N–H and O–H groups in total. The van der Waals surface area contributed by atoms with Gasteiger partial charge < -0.3 is 10.4 Å². The molecule has 0 heterocycles. The van der Waals surface area contributed by atoms with Gasteiger partial charge in [-0.3, -0.25) is 0 Å². The fraction of sp³-hybridized carbons (Fsp3) is 1.00. The molecule has 0 aromatic rings. The zero-order valence-electron chi connectivity index (χ0n) is 5.61. The Morgan fingerprint density at radius 2 is 2.00 bits per heavy atom. The highest BCUT2D eigenvalue weighted by molar-refractivity contribution is 4.29. The van der Waals surface area contributed by atoms with Crippen molar-refractivity contribution in [2.24, 2.45) is 5.28 Å². The summed E-state index contributed by atoms with van der Waals surface area (Å²) in [6.07, 6.45) is 0. The molecule has 0 aliphatic heterocycles. The minimum absolute atomic E-state index is 0.167. The van der Waals surface area contributed by atoms with Crippen LogP contribution in [0.2, 0.25) is 0 Å². The SMILES string of the molecule is CCN(CC)/[N+]([O-])=N/O. The van der Waals surface area contributed by atoms with E-state index in [1.54, 1.807) is 13.8 Å². The van der Waals surface area contributed by atoms with E-state index in [0.29, 0.717) is 13.1 Å². The Balaban J connectivity index is 3.79. The second-order valence-corrected chi connectivity index (χ2v) is 1.48. The molecule has 0 fully saturated rings. The van der Waals surface area contributed by atoms with Gasteiger partial charge in [-0.2, -0.15) is 0 Å². The van der Waals surface area contributed by atoms with E-state index in [1.807, 2.05) is 0 Å². The summed E-state index contributed by atoms with van der Waals surface area (Å²) in [5.41, 5.74) is 0. The monoisotopic (exact) mass is 133 g/mol. The molecule has 0 amide bonds. The Bertz CT molecular complexity index is 100.0. The van der Waals surface area contributed by atoms with E-state index < -0.39 is 0 Å². The van der Waals surface area contributed by atoms with Crippen molar-refractivity contribution in [3.05, 3.63) is 5.21 Å². The molecule has 0 aromatic heterocycles. The van der Waals surface area contributed by atoms with E-state index in [2.05, 4.69) is 5.28 Å². The summed E-state index contributed by atoms with van der Waals surface area (Å²) in [5, 5.41) is 22.1. The molecule has 0 aliphatic rings. The summed E-state index contributed by atoms with van der Waals surface area (Å²) in [5.74, 6) is 0. The number of rotatable bonds is 3. The van der Waals surface area contributed by atoms with Crippen LogP contribution < -0.4 is 0 Å². The summed E-state index contributed by atoms with van der Waals surface area (Å²) >= 11 is 0. The van der Waals surface area contributed by atoms with E-state index in [1.165, 1.54) is 5.01 Å². The number of nitrogens with zero attached hydrogens (tertiary/aromatic N) is 3. The van der Waals surface area contributed by atoms with Gasteiger partial charge in [0.15, 0.2) is 0 Å². The van der Waals surface area contributed by atoms with Crippen molar-refractivity contribution in [2.75, 3.05) is 13.1 Å². The van der Waals surface area contributed by atoms with Gasteiger partial charge in [-0.25, -0.2) is 0 Å². The lowest BCUT2D eigenvalue weighted by Crippen LogP contribution is -2.29. The molecule has 0 unspecified atom stereocenters.